The van der Waals surface area contributed by atoms with E-state index in [1.54, 1.807) is 12.1 Å². The number of anilines is 1. The van der Waals surface area contributed by atoms with Crippen molar-refractivity contribution >= 4 is 17.5 Å². The number of benzene rings is 2. The number of amides is 2. The third-order valence-corrected chi connectivity index (χ3v) is 3.47. The molecule has 24 heavy (non-hydrogen) atoms. The molecule has 0 radical (unpaired) electrons. The molecular formula is C19H22N2O3. The molecule has 126 valence electrons. The van der Waals surface area contributed by atoms with E-state index in [0.29, 0.717) is 24.6 Å². The summed E-state index contributed by atoms with van der Waals surface area (Å²) in [6.07, 6.45) is 0. The van der Waals surface area contributed by atoms with Crippen LogP contribution in [0.25, 0.3) is 0 Å². The van der Waals surface area contributed by atoms with Gasteiger partial charge in [0.15, 0.2) is 0 Å². The number of ether oxygens (including phenoxy) is 1. The van der Waals surface area contributed by atoms with Crippen molar-refractivity contribution in [1.82, 2.24) is 5.32 Å². The van der Waals surface area contributed by atoms with Gasteiger partial charge < -0.3 is 10.1 Å². The second-order valence-electron chi connectivity index (χ2n) is 5.27. The summed E-state index contributed by atoms with van der Waals surface area (Å²) in [6, 6.07) is 16.9. The fraction of sp³-hybridized carbons (Fsp3) is 0.263. The summed E-state index contributed by atoms with van der Waals surface area (Å²) in [5.74, 6) is 0.156. The molecule has 0 saturated carbocycles. The van der Waals surface area contributed by atoms with Gasteiger partial charge in [0.2, 0.25) is 11.8 Å². The van der Waals surface area contributed by atoms with Crippen molar-refractivity contribution in [3.63, 3.8) is 0 Å². The normalized spacial score (nSPS) is 10.1. The first-order valence-corrected chi connectivity index (χ1v) is 7.92. The highest BCUT2D eigenvalue weighted by atomic mass is 16.5. The second kappa shape index (κ2) is 8.72. The molecule has 0 bridgehead atoms. The van der Waals surface area contributed by atoms with E-state index in [9.17, 15) is 9.59 Å². The van der Waals surface area contributed by atoms with Gasteiger partial charge in [-0.2, -0.15) is 0 Å². The third kappa shape index (κ3) is 4.84. The molecule has 0 spiro atoms. The highest BCUT2D eigenvalue weighted by Crippen LogP contribution is 2.28. The van der Waals surface area contributed by atoms with Crippen LogP contribution in [0.1, 0.15) is 19.4 Å². The molecule has 5 nitrogen and oxygen atoms in total. The largest absolute Gasteiger partial charge is 0.492 e. The van der Waals surface area contributed by atoms with Crippen molar-refractivity contribution in [3.8, 4) is 5.75 Å². The van der Waals surface area contributed by atoms with Gasteiger partial charge in [-0.25, -0.2) is 0 Å². The highest BCUT2D eigenvalue weighted by Gasteiger charge is 2.19. The van der Waals surface area contributed by atoms with Gasteiger partial charge in [-0.15, -0.1) is 0 Å². The Morgan fingerprint density at radius 1 is 1.04 bits per heavy atom. The lowest BCUT2D eigenvalue weighted by Gasteiger charge is -2.23. The van der Waals surface area contributed by atoms with E-state index in [-0.39, 0.29) is 18.4 Å². The monoisotopic (exact) mass is 326 g/mol. The summed E-state index contributed by atoms with van der Waals surface area (Å²) in [5.41, 5.74) is 1.61. The van der Waals surface area contributed by atoms with Gasteiger partial charge >= 0.3 is 0 Å². The number of carbonyl (C=O) groups excluding carboxylic acids is 2. The minimum atomic E-state index is -0.222. The van der Waals surface area contributed by atoms with E-state index in [2.05, 4.69) is 5.32 Å². The van der Waals surface area contributed by atoms with E-state index in [0.717, 1.165) is 5.56 Å². The molecule has 0 unspecified atom stereocenters. The summed E-state index contributed by atoms with van der Waals surface area (Å²) in [7, 11) is 0. The molecule has 0 saturated heterocycles. The van der Waals surface area contributed by atoms with Crippen LogP contribution in [-0.4, -0.2) is 25.0 Å². The number of carbonyl (C=O) groups is 2. The molecule has 1 N–H and O–H groups in total. The first kappa shape index (κ1) is 17.5. The zero-order chi connectivity index (χ0) is 17.4. The first-order valence-electron chi connectivity index (χ1n) is 7.92. The van der Waals surface area contributed by atoms with Crippen molar-refractivity contribution in [2.24, 2.45) is 0 Å². The third-order valence-electron chi connectivity index (χ3n) is 3.47. The molecule has 5 heteroatoms. The lowest BCUT2D eigenvalue weighted by molar-refractivity contribution is -0.123. The maximum absolute atomic E-state index is 12.2. The molecule has 0 heterocycles. The van der Waals surface area contributed by atoms with Gasteiger partial charge in [0.25, 0.3) is 0 Å². The van der Waals surface area contributed by atoms with Gasteiger partial charge in [-0.3, -0.25) is 14.5 Å². The van der Waals surface area contributed by atoms with Gasteiger partial charge in [0, 0.05) is 13.5 Å². The number of nitrogens with zero attached hydrogens (tertiary/aromatic N) is 1. The number of para-hydroxylation sites is 2. The van der Waals surface area contributed by atoms with E-state index in [1.165, 1.54) is 11.8 Å². The molecule has 0 aliphatic rings. The summed E-state index contributed by atoms with van der Waals surface area (Å²) in [4.78, 5) is 25.7. The van der Waals surface area contributed by atoms with Gasteiger partial charge in [0.05, 0.1) is 12.3 Å². The molecule has 2 aromatic rings. The van der Waals surface area contributed by atoms with Gasteiger partial charge in [0.1, 0.15) is 12.3 Å². The van der Waals surface area contributed by atoms with Crippen LogP contribution in [-0.2, 0) is 16.1 Å². The molecule has 2 rings (SSSR count). The van der Waals surface area contributed by atoms with Crippen molar-refractivity contribution in [1.29, 1.82) is 0 Å². The maximum Gasteiger partial charge on any atom is 0.240 e. The van der Waals surface area contributed by atoms with Crippen LogP contribution in [0, 0.1) is 0 Å². The Morgan fingerprint density at radius 2 is 1.71 bits per heavy atom. The average Bonchev–Trinajstić information content (AvgIpc) is 2.59. The van der Waals surface area contributed by atoms with E-state index in [4.69, 9.17) is 4.74 Å². The fourth-order valence-electron chi connectivity index (χ4n) is 2.32. The van der Waals surface area contributed by atoms with E-state index in [1.807, 2.05) is 49.4 Å². The highest BCUT2D eigenvalue weighted by molar-refractivity contribution is 5.98. The number of rotatable bonds is 7. The molecule has 0 aliphatic heterocycles. The van der Waals surface area contributed by atoms with Crippen molar-refractivity contribution < 1.29 is 14.3 Å². The summed E-state index contributed by atoms with van der Waals surface area (Å²) < 4.78 is 5.55. The van der Waals surface area contributed by atoms with Gasteiger partial charge in [-0.1, -0.05) is 42.5 Å². The molecule has 2 amide bonds. The number of nitrogens with one attached hydrogen (secondary N) is 1. The Balaban J connectivity index is 2.06. The van der Waals surface area contributed by atoms with Crippen LogP contribution >= 0.6 is 0 Å². The first-order chi connectivity index (χ1) is 11.6. The van der Waals surface area contributed by atoms with Crippen LogP contribution in [0.4, 0.5) is 5.69 Å². The molecule has 0 aliphatic carbocycles. The van der Waals surface area contributed by atoms with Crippen LogP contribution in [0.2, 0.25) is 0 Å². The van der Waals surface area contributed by atoms with Crippen LogP contribution in [0.3, 0.4) is 0 Å². The topological polar surface area (TPSA) is 58.6 Å². The summed E-state index contributed by atoms with van der Waals surface area (Å²) >= 11 is 0. The lowest BCUT2D eigenvalue weighted by atomic mass is 10.2. The molecule has 0 fully saturated rings. The van der Waals surface area contributed by atoms with Crippen molar-refractivity contribution in [2.75, 3.05) is 18.1 Å². The lowest BCUT2D eigenvalue weighted by Crippen LogP contribution is -2.39. The number of hydrogen-bond acceptors (Lipinski definition) is 3. The Bertz CT molecular complexity index is 686. The van der Waals surface area contributed by atoms with Crippen molar-refractivity contribution in [3.05, 3.63) is 60.2 Å². The zero-order valence-electron chi connectivity index (χ0n) is 14.0. The van der Waals surface area contributed by atoms with Crippen molar-refractivity contribution in [2.45, 2.75) is 20.4 Å². The van der Waals surface area contributed by atoms with E-state index < -0.39 is 0 Å². The van der Waals surface area contributed by atoms with Crippen LogP contribution < -0.4 is 15.0 Å². The fourth-order valence-corrected chi connectivity index (χ4v) is 2.32. The molecule has 0 atom stereocenters. The standard InChI is InChI=1S/C19H22N2O3/c1-3-24-18-12-8-7-11-17(18)21(15(2)22)14-19(23)20-13-16-9-5-4-6-10-16/h4-12H,3,13-14H2,1-2H3,(H,20,23). The molecular weight excluding hydrogens is 304 g/mol. The minimum Gasteiger partial charge on any atom is -0.492 e. The van der Waals surface area contributed by atoms with Gasteiger partial charge in [-0.05, 0) is 24.6 Å². The van der Waals surface area contributed by atoms with Crippen LogP contribution in [0.15, 0.2) is 54.6 Å². The Kier molecular flexibility index (Phi) is 6.37. The minimum absolute atomic E-state index is 0.0494. The predicted octanol–water partition coefficient (Wildman–Crippen LogP) is 2.75. The summed E-state index contributed by atoms with van der Waals surface area (Å²) in [6.45, 7) is 4.18. The quantitative estimate of drug-likeness (QED) is 0.851. The smallest absolute Gasteiger partial charge is 0.240 e. The Labute approximate surface area is 142 Å². The Hall–Kier alpha value is -2.82. The number of hydrogen-bond donors (Lipinski definition) is 1. The zero-order valence-corrected chi connectivity index (χ0v) is 14.0. The maximum atomic E-state index is 12.2. The molecule has 2 aromatic carbocycles. The molecule has 0 aromatic heterocycles. The Morgan fingerprint density at radius 3 is 2.38 bits per heavy atom. The summed E-state index contributed by atoms with van der Waals surface area (Å²) in [5, 5.41) is 2.83. The van der Waals surface area contributed by atoms with E-state index >= 15 is 0 Å². The second-order valence-corrected chi connectivity index (χ2v) is 5.27. The SMILES string of the molecule is CCOc1ccccc1N(CC(=O)NCc1ccccc1)C(C)=O. The average molecular weight is 326 g/mol. The van der Waals surface area contributed by atoms with Crippen LogP contribution in [0.5, 0.6) is 5.75 Å². The predicted molar refractivity (Wildman–Crippen MR) is 93.9 cm³/mol.